The molecule has 0 fully saturated rings. The third-order valence-corrected chi connectivity index (χ3v) is 5.99. The number of rotatable bonds is 15. The number of hydrogen-bond donors (Lipinski definition) is 1. The van der Waals surface area contributed by atoms with Gasteiger partial charge in [0.05, 0.1) is 31.5 Å². The lowest BCUT2D eigenvalue weighted by Gasteiger charge is -2.18. The van der Waals surface area contributed by atoms with E-state index in [0.29, 0.717) is 24.5 Å². The summed E-state index contributed by atoms with van der Waals surface area (Å²) < 4.78 is 16.9. The Balaban J connectivity index is 1.75. The van der Waals surface area contributed by atoms with Gasteiger partial charge in [-0.05, 0) is 37.8 Å². The standard InChI is InChI=1S/C31H37N3O5/c1-4-6-8-12-18-32-31(36)34-26(30(35)39-19-7-5-2)17-20-38-29-22-27(23-13-10-9-11-14-23)33-28-21-24(37-3)15-16-25(28)29/h4,9-11,13-16,18,21-22,26H,1,5-8,12,17,19-20H2,2-3H3,(H,34,36)/t26-/m0/s1. The van der Waals surface area contributed by atoms with E-state index in [1.54, 1.807) is 13.3 Å². The van der Waals surface area contributed by atoms with Crippen molar-refractivity contribution in [3.8, 4) is 22.8 Å². The number of nitrogens with one attached hydrogen (secondary N) is 1. The van der Waals surface area contributed by atoms with E-state index in [-0.39, 0.29) is 13.0 Å². The van der Waals surface area contributed by atoms with Gasteiger partial charge in [0, 0.05) is 35.7 Å². The van der Waals surface area contributed by atoms with Crippen LogP contribution in [0.25, 0.3) is 22.2 Å². The summed E-state index contributed by atoms with van der Waals surface area (Å²) in [4.78, 5) is 33.9. The summed E-state index contributed by atoms with van der Waals surface area (Å²) in [5.74, 6) is 0.802. The number of methoxy groups -OCH3 is 1. The number of amides is 2. The number of urea groups is 1. The van der Waals surface area contributed by atoms with Crippen LogP contribution < -0.4 is 14.8 Å². The lowest BCUT2D eigenvalue weighted by atomic mass is 10.1. The predicted octanol–water partition coefficient (Wildman–Crippen LogP) is 6.53. The largest absolute Gasteiger partial charge is 0.497 e. The van der Waals surface area contributed by atoms with E-state index >= 15 is 0 Å². The second-order valence-corrected chi connectivity index (χ2v) is 8.95. The smallest absolute Gasteiger partial charge is 0.341 e. The number of esters is 1. The Labute approximate surface area is 230 Å². The molecule has 2 amide bonds. The summed E-state index contributed by atoms with van der Waals surface area (Å²) in [5.41, 5.74) is 2.42. The number of allylic oxidation sites excluding steroid dienone is 1. The summed E-state index contributed by atoms with van der Waals surface area (Å²) in [6.07, 6.45) is 7.58. The van der Waals surface area contributed by atoms with Crippen LogP contribution in [0.3, 0.4) is 0 Å². The molecule has 0 bridgehead atoms. The average Bonchev–Trinajstić information content (AvgIpc) is 2.96. The third kappa shape index (κ3) is 9.25. The Bertz CT molecular complexity index is 1260. The zero-order valence-corrected chi connectivity index (χ0v) is 22.7. The first-order valence-corrected chi connectivity index (χ1v) is 13.3. The van der Waals surface area contributed by atoms with Crippen molar-refractivity contribution in [3.63, 3.8) is 0 Å². The molecular formula is C31H37N3O5. The van der Waals surface area contributed by atoms with Gasteiger partial charge in [0.15, 0.2) is 0 Å². The van der Waals surface area contributed by atoms with E-state index in [0.717, 1.165) is 47.8 Å². The Morgan fingerprint density at radius 3 is 2.64 bits per heavy atom. The topological polar surface area (TPSA) is 99.1 Å². The summed E-state index contributed by atoms with van der Waals surface area (Å²) >= 11 is 0. The van der Waals surface area contributed by atoms with E-state index in [1.165, 1.54) is 0 Å². The fraction of sp³-hybridized carbons (Fsp3) is 0.355. The second-order valence-electron chi connectivity index (χ2n) is 8.95. The first kappa shape index (κ1) is 29.4. The van der Waals surface area contributed by atoms with Gasteiger partial charge >= 0.3 is 12.0 Å². The van der Waals surface area contributed by atoms with Crippen molar-refractivity contribution in [3.05, 3.63) is 67.3 Å². The Kier molecular flexibility index (Phi) is 12.0. The fourth-order valence-electron chi connectivity index (χ4n) is 3.82. The Hall–Kier alpha value is -4.20. The van der Waals surface area contributed by atoms with Gasteiger partial charge in [0.1, 0.15) is 17.5 Å². The fourth-order valence-corrected chi connectivity index (χ4v) is 3.82. The first-order chi connectivity index (χ1) is 19.0. The van der Waals surface area contributed by atoms with E-state index in [2.05, 4.69) is 16.9 Å². The summed E-state index contributed by atoms with van der Waals surface area (Å²) in [6.45, 7) is 6.16. The maximum atomic E-state index is 12.8. The number of nitrogens with zero attached hydrogens (tertiary/aromatic N) is 2. The van der Waals surface area contributed by atoms with Crippen LogP contribution in [0.15, 0.2) is 72.2 Å². The Morgan fingerprint density at radius 1 is 1.08 bits per heavy atom. The van der Waals surface area contributed by atoms with E-state index in [4.69, 9.17) is 19.2 Å². The molecule has 0 unspecified atom stereocenters. The highest BCUT2D eigenvalue weighted by Crippen LogP contribution is 2.32. The van der Waals surface area contributed by atoms with Crippen molar-refractivity contribution in [2.75, 3.05) is 20.3 Å². The highest BCUT2D eigenvalue weighted by Gasteiger charge is 2.22. The van der Waals surface area contributed by atoms with Gasteiger partial charge < -0.3 is 19.5 Å². The lowest BCUT2D eigenvalue weighted by molar-refractivity contribution is -0.146. The number of unbranched alkanes of at least 4 members (excludes halogenated alkanes) is 3. The van der Waals surface area contributed by atoms with Crippen LogP contribution in [0.2, 0.25) is 0 Å². The van der Waals surface area contributed by atoms with Crippen molar-refractivity contribution in [1.82, 2.24) is 10.3 Å². The number of aromatic nitrogens is 1. The number of fused-ring (bicyclic) bond motifs is 1. The van der Waals surface area contributed by atoms with Gasteiger partial charge in [-0.2, -0.15) is 0 Å². The normalized spacial score (nSPS) is 11.7. The van der Waals surface area contributed by atoms with Gasteiger partial charge in [0.2, 0.25) is 0 Å². The molecule has 1 N–H and O–H groups in total. The summed E-state index contributed by atoms with van der Waals surface area (Å²) in [6, 6.07) is 15.8. The quantitative estimate of drug-likeness (QED) is 0.104. The van der Waals surface area contributed by atoms with Crippen LogP contribution >= 0.6 is 0 Å². The summed E-state index contributed by atoms with van der Waals surface area (Å²) in [5, 5.41) is 3.48. The number of benzene rings is 2. The van der Waals surface area contributed by atoms with Crippen LogP contribution in [-0.4, -0.2) is 49.6 Å². The molecule has 206 valence electrons. The van der Waals surface area contributed by atoms with Crippen molar-refractivity contribution in [2.24, 2.45) is 4.99 Å². The van der Waals surface area contributed by atoms with Crippen LogP contribution in [-0.2, 0) is 9.53 Å². The molecule has 8 nitrogen and oxygen atoms in total. The highest BCUT2D eigenvalue weighted by atomic mass is 16.5. The van der Waals surface area contributed by atoms with E-state index < -0.39 is 18.0 Å². The molecule has 1 aromatic heterocycles. The van der Waals surface area contributed by atoms with Crippen molar-refractivity contribution >= 4 is 29.1 Å². The van der Waals surface area contributed by atoms with Gasteiger partial charge in [-0.1, -0.05) is 49.8 Å². The molecule has 0 aliphatic heterocycles. The SMILES string of the molecule is C=CCCCC=NC(=O)N[C@@H](CCOc1cc(-c2ccccc2)nc2cc(OC)ccc12)C(=O)OCCCC. The van der Waals surface area contributed by atoms with E-state index in [1.807, 2.05) is 67.6 Å². The zero-order chi connectivity index (χ0) is 27.9. The number of pyridine rings is 1. The zero-order valence-electron chi connectivity index (χ0n) is 22.7. The minimum absolute atomic E-state index is 0.163. The predicted molar refractivity (Wildman–Crippen MR) is 155 cm³/mol. The molecule has 0 radical (unpaired) electrons. The van der Waals surface area contributed by atoms with Gasteiger partial charge in [-0.3, -0.25) is 0 Å². The third-order valence-electron chi connectivity index (χ3n) is 5.99. The molecule has 0 saturated carbocycles. The van der Waals surface area contributed by atoms with Crippen molar-refractivity contribution in [1.29, 1.82) is 0 Å². The molecule has 3 aromatic rings. The average molecular weight is 532 g/mol. The monoisotopic (exact) mass is 531 g/mol. The molecule has 0 aliphatic rings. The van der Waals surface area contributed by atoms with Crippen molar-refractivity contribution < 1.29 is 23.8 Å². The molecule has 8 heteroatoms. The number of carbonyl (C=O) groups is 2. The summed E-state index contributed by atoms with van der Waals surface area (Å²) in [7, 11) is 1.61. The van der Waals surface area contributed by atoms with Gasteiger partial charge in [-0.15, -0.1) is 6.58 Å². The molecular weight excluding hydrogens is 494 g/mol. The number of carbonyl (C=O) groups excluding carboxylic acids is 2. The maximum absolute atomic E-state index is 12.8. The van der Waals surface area contributed by atoms with Crippen molar-refractivity contribution in [2.45, 2.75) is 51.5 Å². The van der Waals surface area contributed by atoms with Crippen LogP contribution in [0.1, 0.15) is 45.4 Å². The number of hydrogen-bond acceptors (Lipinski definition) is 6. The van der Waals surface area contributed by atoms with Gasteiger partial charge in [0.25, 0.3) is 0 Å². The highest BCUT2D eigenvalue weighted by molar-refractivity contribution is 5.89. The molecule has 0 aliphatic carbocycles. The second kappa shape index (κ2) is 15.9. The van der Waals surface area contributed by atoms with Gasteiger partial charge in [-0.25, -0.2) is 19.6 Å². The molecule has 0 saturated heterocycles. The molecule has 2 aromatic carbocycles. The van der Waals surface area contributed by atoms with Crippen LogP contribution in [0, 0.1) is 0 Å². The maximum Gasteiger partial charge on any atom is 0.341 e. The molecule has 1 atom stereocenters. The number of aliphatic imine (C=N–C) groups is 1. The molecule has 3 rings (SSSR count). The molecule has 0 spiro atoms. The number of ether oxygens (including phenoxy) is 3. The minimum atomic E-state index is -0.888. The van der Waals surface area contributed by atoms with E-state index in [9.17, 15) is 9.59 Å². The lowest BCUT2D eigenvalue weighted by Crippen LogP contribution is -2.41. The Morgan fingerprint density at radius 2 is 1.90 bits per heavy atom. The first-order valence-electron chi connectivity index (χ1n) is 13.3. The molecule has 39 heavy (non-hydrogen) atoms. The minimum Gasteiger partial charge on any atom is -0.497 e. The molecule has 1 heterocycles. The van der Waals surface area contributed by atoms with Crippen LogP contribution in [0.5, 0.6) is 11.5 Å². The van der Waals surface area contributed by atoms with Crippen LogP contribution in [0.4, 0.5) is 4.79 Å².